The number of hydrogen-bond acceptors (Lipinski definition) is 4. The van der Waals surface area contributed by atoms with E-state index in [0.717, 1.165) is 0 Å². The second-order valence-electron chi connectivity index (χ2n) is 4.83. The molecular weight excluding hydrogens is 490 g/mol. The lowest BCUT2D eigenvalue weighted by atomic mass is 10.3. The zero-order valence-corrected chi connectivity index (χ0v) is 16.5. The molecule has 0 amide bonds. The number of nitrogens with zero attached hydrogens (tertiary/aromatic N) is 5. The van der Waals surface area contributed by atoms with Crippen LogP contribution in [-0.4, -0.2) is 41.7 Å². The Morgan fingerprint density at radius 3 is 2.48 bits per heavy atom. The van der Waals surface area contributed by atoms with E-state index < -0.39 is 6.61 Å². The molecule has 6 nitrogen and oxygen atoms in total. The standard InChI is InChI=1S/C14H10Cl2F2IN5O/c1-23(2)6-21-13-11(19)10(5-20)22-24(13)12-8(15)3-7(4-9(12)16)25-14(17)18/h3-4,6,14H,1-2H3/b21-6-. The van der Waals surface area contributed by atoms with E-state index >= 15 is 0 Å². The molecular formula is C14H10Cl2F2IN5O. The van der Waals surface area contributed by atoms with Gasteiger partial charge < -0.3 is 9.64 Å². The molecule has 0 saturated carbocycles. The number of halogens is 5. The molecule has 1 aromatic carbocycles. The van der Waals surface area contributed by atoms with Gasteiger partial charge in [0, 0.05) is 26.2 Å². The molecule has 2 aromatic rings. The van der Waals surface area contributed by atoms with Gasteiger partial charge in [-0.2, -0.15) is 19.1 Å². The van der Waals surface area contributed by atoms with Gasteiger partial charge in [0.25, 0.3) is 0 Å². The Morgan fingerprint density at radius 2 is 2.00 bits per heavy atom. The summed E-state index contributed by atoms with van der Waals surface area (Å²) in [7, 11) is 3.55. The van der Waals surface area contributed by atoms with Gasteiger partial charge in [-0.05, 0) is 22.6 Å². The van der Waals surface area contributed by atoms with Crippen LogP contribution < -0.4 is 4.74 Å². The first-order valence-corrected chi connectivity index (χ1v) is 8.41. The second kappa shape index (κ2) is 8.16. The summed E-state index contributed by atoms with van der Waals surface area (Å²) in [6.45, 7) is -3.01. The SMILES string of the molecule is CN(C)/C=N\c1c(I)c(C#N)nn1-c1c(Cl)cc(OC(F)F)cc1Cl. The largest absolute Gasteiger partial charge is 0.435 e. The lowest BCUT2D eigenvalue weighted by Gasteiger charge is -2.12. The maximum atomic E-state index is 12.4. The van der Waals surface area contributed by atoms with E-state index in [0.29, 0.717) is 9.39 Å². The molecule has 11 heteroatoms. The number of rotatable bonds is 5. The minimum atomic E-state index is -3.01. The Hall–Kier alpha value is -1.64. The molecule has 0 fully saturated rings. The molecule has 1 heterocycles. The van der Waals surface area contributed by atoms with E-state index in [-0.39, 0.29) is 27.2 Å². The smallest absolute Gasteiger partial charge is 0.387 e. The number of alkyl halides is 2. The van der Waals surface area contributed by atoms with Gasteiger partial charge in [-0.3, -0.25) is 0 Å². The van der Waals surface area contributed by atoms with Crippen LogP contribution in [0.4, 0.5) is 14.6 Å². The monoisotopic (exact) mass is 499 g/mol. The first kappa shape index (κ1) is 19.7. The third-order valence-electron chi connectivity index (χ3n) is 2.75. The predicted octanol–water partition coefficient (Wildman–Crippen LogP) is 4.48. The molecule has 0 spiro atoms. The van der Waals surface area contributed by atoms with Crippen molar-refractivity contribution < 1.29 is 13.5 Å². The zero-order chi connectivity index (χ0) is 18.7. The maximum Gasteiger partial charge on any atom is 0.387 e. The van der Waals surface area contributed by atoms with Crippen molar-refractivity contribution in [3.05, 3.63) is 31.4 Å². The third-order valence-corrected chi connectivity index (χ3v) is 4.32. The number of benzene rings is 1. The Morgan fingerprint density at radius 1 is 1.40 bits per heavy atom. The van der Waals surface area contributed by atoms with E-state index in [1.807, 2.05) is 28.7 Å². The third kappa shape index (κ3) is 4.50. The summed E-state index contributed by atoms with van der Waals surface area (Å²) in [5.41, 5.74) is 0.335. The van der Waals surface area contributed by atoms with Crippen molar-refractivity contribution in [2.75, 3.05) is 14.1 Å². The summed E-state index contributed by atoms with van der Waals surface area (Å²) >= 11 is 14.3. The van der Waals surface area contributed by atoms with Crippen LogP contribution >= 0.6 is 45.8 Å². The average molecular weight is 500 g/mol. The van der Waals surface area contributed by atoms with E-state index in [1.165, 1.54) is 23.2 Å². The van der Waals surface area contributed by atoms with E-state index in [2.05, 4.69) is 14.8 Å². The Balaban J connectivity index is 2.64. The van der Waals surface area contributed by atoms with Gasteiger partial charge in [0.05, 0.1) is 20.0 Å². The lowest BCUT2D eigenvalue weighted by Crippen LogP contribution is -2.08. The average Bonchev–Trinajstić information content (AvgIpc) is 2.79. The summed E-state index contributed by atoms with van der Waals surface area (Å²) < 4.78 is 30.8. The fourth-order valence-electron chi connectivity index (χ4n) is 1.81. The molecule has 0 aliphatic rings. The molecule has 0 atom stereocenters. The normalized spacial score (nSPS) is 11.2. The van der Waals surface area contributed by atoms with Gasteiger partial charge in [0.1, 0.15) is 17.5 Å². The van der Waals surface area contributed by atoms with Crippen molar-refractivity contribution in [1.29, 1.82) is 5.26 Å². The first-order valence-electron chi connectivity index (χ1n) is 6.58. The van der Waals surface area contributed by atoms with Crippen LogP contribution in [0.15, 0.2) is 17.1 Å². The van der Waals surface area contributed by atoms with Gasteiger partial charge in [-0.15, -0.1) is 0 Å². The minimum absolute atomic E-state index is 0.0212. The molecule has 0 N–H and O–H groups in total. The molecule has 0 bridgehead atoms. The van der Waals surface area contributed by atoms with Crippen molar-refractivity contribution in [3.63, 3.8) is 0 Å². The molecule has 132 valence electrons. The van der Waals surface area contributed by atoms with Crippen molar-refractivity contribution in [2.24, 2.45) is 4.99 Å². The Labute approximate surface area is 165 Å². The lowest BCUT2D eigenvalue weighted by molar-refractivity contribution is -0.0498. The van der Waals surface area contributed by atoms with Crippen molar-refractivity contribution in [3.8, 4) is 17.5 Å². The van der Waals surface area contributed by atoms with Crippen LogP contribution in [0.25, 0.3) is 5.69 Å². The fraction of sp³-hybridized carbons (Fsp3) is 0.214. The van der Waals surface area contributed by atoms with Gasteiger partial charge in [0.15, 0.2) is 11.5 Å². The highest BCUT2D eigenvalue weighted by molar-refractivity contribution is 14.1. The number of aliphatic imine (C=N–C) groups is 1. The summed E-state index contributed by atoms with van der Waals surface area (Å²) in [5.74, 6) is 0.145. The highest BCUT2D eigenvalue weighted by Crippen LogP contribution is 2.37. The number of nitriles is 1. The summed E-state index contributed by atoms with van der Waals surface area (Å²) in [6, 6.07) is 4.33. The van der Waals surface area contributed by atoms with E-state index in [1.54, 1.807) is 19.0 Å². The van der Waals surface area contributed by atoms with Crippen molar-refractivity contribution >= 4 is 57.9 Å². The highest BCUT2D eigenvalue weighted by Gasteiger charge is 2.21. The van der Waals surface area contributed by atoms with E-state index in [4.69, 9.17) is 23.2 Å². The molecule has 25 heavy (non-hydrogen) atoms. The van der Waals surface area contributed by atoms with Crippen LogP contribution in [0.2, 0.25) is 10.0 Å². The summed E-state index contributed by atoms with van der Waals surface area (Å²) in [4.78, 5) is 5.97. The van der Waals surface area contributed by atoms with Crippen LogP contribution in [0.5, 0.6) is 5.75 Å². The van der Waals surface area contributed by atoms with Crippen LogP contribution in [0.3, 0.4) is 0 Å². The second-order valence-corrected chi connectivity index (χ2v) is 6.73. The molecule has 2 rings (SSSR count). The quantitative estimate of drug-likeness (QED) is 0.345. The number of hydrogen-bond donors (Lipinski definition) is 0. The molecule has 0 radical (unpaired) electrons. The van der Waals surface area contributed by atoms with Crippen molar-refractivity contribution in [2.45, 2.75) is 6.61 Å². The Bertz CT molecular complexity index is 841. The molecule has 0 unspecified atom stereocenters. The van der Waals surface area contributed by atoms with Crippen LogP contribution in [-0.2, 0) is 0 Å². The van der Waals surface area contributed by atoms with Gasteiger partial charge >= 0.3 is 6.61 Å². The van der Waals surface area contributed by atoms with Gasteiger partial charge in [0.2, 0.25) is 0 Å². The van der Waals surface area contributed by atoms with Crippen molar-refractivity contribution in [1.82, 2.24) is 14.7 Å². The summed E-state index contributed by atoms with van der Waals surface area (Å²) in [6.07, 6.45) is 1.52. The first-order chi connectivity index (χ1) is 11.7. The minimum Gasteiger partial charge on any atom is -0.435 e. The maximum absolute atomic E-state index is 12.4. The zero-order valence-electron chi connectivity index (χ0n) is 12.8. The van der Waals surface area contributed by atoms with Gasteiger partial charge in [-0.1, -0.05) is 23.2 Å². The highest BCUT2D eigenvalue weighted by atomic mass is 127. The molecule has 0 aliphatic heterocycles. The molecule has 0 aliphatic carbocycles. The number of ether oxygens (including phenoxy) is 1. The topological polar surface area (TPSA) is 66.4 Å². The van der Waals surface area contributed by atoms with E-state index in [9.17, 15) is 14.0 Å². The molecule has 0 saturated heterocycles. The predicted molar refractivity (Wildman–Crippen MR) is 99.5 cm³/mol. The Kier molecular flexibility index (Phi) is 6.42. The van der Waals surface area contributed by atoms with Crippen LogP contribution in [0, 0.1) is 14.9 Å². The van der Waals surface area contributed by atoms with Gasteiger partial charge in [-0.25, -0.2) is 9.67 Å². The summed E-state index contributed by atoms with van der Waals surface area (Å²) in [5, 5.41) is 13.4. The number of aromatic nitrogens is 2. The fourth-order valence-corrected chi connectivity index (χ4v) is 3.04. The van der Waals surface area contributed by atoms with Crippen LogP contribution in [0.1, 0.15) is 5.69 Å². The molecule has 1 aromatic heterocycles.